The van der Waals surface area contributed by atoms with E-state index in [0.717, 1.165) is 25.2 Å². The summed E-state index contributed by atoms with van der Waals surface area (Å²) >= 11 is 0. The van der Waals surface area contributed by atoms with Crippen LogP contribution < -0.4 is 16.4 Å². The summed E-state index contributed by atoms with van der Waals surface area (Å²) < 4.78 is 13.4. The lowest BCUT2D eigenvalue weighted by atomic mass is 10.0. The Morgan fingerprint density at radius 1 is 1.38 bits per heavy atom. The Kier molecular flexibility index (Phi) is 3.88. The van der Waals surface area contributed by atoms with E-state index in [1.165, 1.54) is 6.07 Å². The van der Waals surface area contributed by atoms with Gasteiger partial charge in [-0.2, -0.15) is 0 Å². The van der Waals surface area contributed by atoms with E-state index in [9.17, 15) is 4.39 Å². The van der Waals surface area contributed by atoms with Crippen LogP contribution in [-0.2, 0) is 6.42 Å². The van der Waals surface area contributed by atoms with Crippen LogP contribution in [0.25, 0.3) is 0 Å². The molecule has 1 atom stereocenters. The highest BCUT2D eigenvalue weighted by Gasteiger charge is 2.15. The van der Waals surface area contributed by atoms with Gasteiger partial charge in [-0.05, 0) is 30.2 Å². The first-order valence-electron chi connectivity index (χ1n) is 5.74. The molecule has 2 rings (SSSR count). The summed E-state index contributed by atoms with van der Waals surface area (Å²) in [6.07, 6.45) is 0.597. The first-order chi connectivity index (χ1) is 7.81. The van der Waals surface area contributed by atoms with Crippen molar-refractivity contribution in [1.82, 2.24) is 10.6 Å². The number of hydrogen-bond acceptors (Lipinski definition) is 3. The number of nitrogens with one attached hydrogen (secondary N) is 2. The Morgan fingerprint density at radius 2 is 2.25 bits per heavy atom. The first-order valence-corrected chi connectivity index (χ1v) is 5.74. The average molecular weight is 223 g/mol. The molecule has 3 nitrogen and oxygen atoms in total. The Balaban J connectivity index is 2.17. The predicted octanol–water partition coefficient (Wildman–Crippen LogP) is 0.561. The Morgan fingerprint density at radius 3 is 2.94 bits per heavy atom. The second-order valence-corrected chi connectivity index (χ2v) is 4.10. The third-order valence-corrected chi connectivity index (χ3v) is 2.93. The quantitative estimate of drug-likeness (QED) is 0.702. The van der Waals surface area contributed by atoms with Gasteiger partial charge < -0.3 is 16.4 Å². The summed E-state index contributed by atoms with van der Waals surface area (Å²) in [6, 6.07) is 5.59. The highest BCUT2D eigenvalue weighted by Crippen LogP contribution is 2.18. The smallest absolute Gasteiger partial charge is 0.126 e. The van der Waals surface area contributed by atoms with E-state index in [4.69, 9.17) is 5.73 Å². The molecule has 1 heterocycles. The van der Waals surface area contributed by atoms with Gasteiger partial charge >= 0.3 is 0 Å². The van der Waals surface area contributed by atoms with Crippen molar-refractivity contribution in [3.05, 3.63) is 35.1 Å². The lowest BCUT2D eigenvalue weighted by molar-refractivity contribution is 0.429. The molecule has 1 saturated heterocycles. The predicted molar refractivity (Wildman–Crippen MR) is 62.8 cm³/mol. The number of rotatable bonds is 3. The zero-order valence-electron chi connectivity index (χ0n) is 9.30. The summed E-state index contributed by atoms with van der Waals surface area (Å²) in [5.41, 5.74) is 7.31. The normalized spacial score (nSPS) is 21.0. The highest BCUT2D eigenvalue weighted by atomic mass is 19.1. The fraction of sp³-hybridized carbons (Fsp3) is 0.500. The van der Waals surface area contributed by atoms with Crippen LogP contribution in [0.2, 0.25) is 0 Å². The summed E-state index contributed by atoms with van der Waals surface area (Å²) in [7, 11) is 0. The van der Waals surface area contributed by atoms with E-state index in [-0.39, 0.29) is 11.9 Å². The molecular weight excluding hydrogens is 205 g/mol. The van der Waals surface area contributed by atoms with Crippen molar-refractivity contribution in [2.75, 3.05) is 26.2 Å². The molecule has 0 aliphatic carbocycles. The summed E-state index contributed by atoms with van der Waals surface area (Å²) in [5.74, 6) is -0.155. The molecule has 1 fully saturated rings. The van der Waals surface area contributed by atoms with Crippen LogP contribution in [0.4, 0.5) is 4.39 Å². The van der Waals surface area contributed by atoms with Crippen molar-refractivity contribution in [1.29, 1.82) is 0 Å². The minimum atomic E-state index is -0.155. The second kappa shape index (κ2) is 5.39. The lowest BCUT2D eigenvalue weighted by Crippen LogP contribution is -2.42. The molecule has 1 aromatic rings. The van der Waals surface area contributed by atoms with Crippen molar-refractivity contribution in [3.63, 3.8) is 0 Å². The van der Waals surface area contributed by atoms with Gasteiger partial charge in [0.1, 0.15) is 5.82 Å². The van der Waals surface area contributed by atoms with Crippen LogP contribution in [0.1, 0.15) is 17.2 Å². The SMILES string of the molecule is NCCc1cc(C2CNCCN2)ccc1F. The van der Waals surface area contributed by atoms with Crippen molar-refractivity contribution >= 4 is 0 Å². The fourth-order valence-electron chi connectivity index (χ4n) is 2.05. The van der Waals surface area contributed by atoms with Gasteiger partial charge in [0.05, 0.1) is 0 Å². The van der Waals surface area contributed by atoms with Crippen LogP contribution in [0.15, 0.2) is 18.2 Å². The molecule has 4 heteroatoms. The third kappa shape index (κ3) is 2.58. The zero-order chi connectivity index (χ0) is 11.4. The minimum Gasteiger partial charge on any atom is -0.330 e. The molecule has 0 spiro atoms. The third-order valence-electron chi connectivity index (χ3n) is 2.93. The molecule has 1 unspecified atom stereocenters. The molecular formula is C12H18FN3. The van der Waals surface area contributed by atoms with Crippen molar-refractivity contribution < 1.29 is 4.39 Å². The number of nitrogens with two attached hydrogens (primary N) is 1. The lowest BCUT2D eigenvalue weighted by Gasteiger charge is -2.25. The van der Waals surface area contributed by atoms with Crippen molar-refractivity contribution in [2.24, 2.45) is 5.73 Å². The Bertz CT molecular complexity index is 348. The van der Waals surface area contributed by atoms with E-state index < -0.39 is 0 Å². The fourth-order valence-corrected chi connectivity index (χ4v) is 2.05. The molecule has 88 valence electrons. The monoisotopic (exact) mass is 223 g/mol. The molecule has 1 aromatic carbocycles. The van der Waals surface area contributed by atoms with Crippen molar-refractivity contribution in [3.8, 4) is 0 Å². The van der Waals surface area contributed by atoms with Gasteiger partial charge in [-0.15, -0.1) is 0 Å². The molecule has 0 amide bonds. The minimum absolute atomic E-state index is 0.155. The maximum Gasteiger partial charge on any atom is 0.126 e. The Labute approximate surface area is 95.2 Å². The van der Waals surface area contributed by atoms with Crippen LogP contribution in [-0.4, -0.2) is 26.2 Å². The van der Waals surface area contributed by atoms with Gasteiger partial charge in [0.2, 0.25) is 0 Å². The average Bonchev–Trinajstić information content (AvgIpc) is 2.33. The van der Waals surface area contributed by atoms with E-state index in [2.05, 4.69) is 10.6 Å². The molecule has 16 heavy (non-hydrogen) atoms. The van der Waals surface area contributed by atoms with Gasteiger partial charge in [-0.1, -0.05) is 12.1 Å². The second-order valence-electron chi connectivity index (χ2n) is 4.10. The summed E-state index contributed by atoms with van der Waals surface area (Å²) in [6.45, 7) is 3.33. The van der Waals surface area contributed by atoms with Crippen LogP contribution >= 0.6 is 0 Å². The van der Waals surface area contributed by atoms with Gasteiger partial charge in [0.25, 0.3) is 0 Å². The zero-order valence-corrected chi connectivity index (χ0v) is 9.30. The van der Waals surface area contributed by atoms with E-state index in [1.807, 2.05) is 12.1 Å². The number of hydrogen-bond donors (Lipinski definition) is 3. The van der Waals surface area contributed by atoms with Gasteiger partial charge in [-0.3, -0.25) is 0 Å². The topological polar surface area (TPSA) is 50.1 Å². The van der Waals surface area contributed by atoms with Gasteiger partial charge in [-0.25, -0.2) is 4.39 Å². The largest absolute Gasteiger partial charge is 0.330 e. The molecule has 1 aliphatic rings. The van der Waals surface area contributed by atoms with Gasteiger partial charge in [0.15, 0.2) is 0 Å². The summed E-state index contributed by atoms with van der Waals surface area (Å²) in [4.78, 5) is 0. The van der Waals surface area contributed by atoms with E-state index in [0.29, 0.717) is 18.5 Å². The summed E-state index contributed by atoms with van der Waals surface area (Å²) in [5, 5.41) is 6.73. The van der Waals surface area contributed by atoms with E-state index in [1.54, 1.807) is 0 Å². The Hall–Kier alpha value is -0.970. The molecule has 1 aliphatic heterocycles. The maximum absolute atomic E-state index is 13.4. The van der Waals surface area contributed by atoms with Crippen LogP contribution in [0.3, 0.4) is 0 Å². The molecule has 4 N–H and O–H groups in total. The molecule has 0 bridgehead atoms. The van der Waals surface area contributed by atoms with Crippen LogP contribution in [0, 0.1) is 5.82 Å². The van der Waals surface area contributed by atoms with E-state index >= 15 is 0 Å². The molecule has 0 radical (unpaired) electrons. The van der Waals surface area contributed by atoms with Gasteiger partial charge in [0, 0.05) is 25.7 Å². The van der Waals surface area contributed by atoms with Crippen molar-refractivity contribution in [2.45, 2.75) is 12.5 Å². The highest BCUT2D eigenvalue weighted by molar-refractivity contribution is 5.28. The maximum atomic E-state index is 13.4. The van der Waals surface area contributed by atoms with Crippen LogP contribution in [0.5, 0.6) is 0 Å². The number of piperazine rings is 1. The number of halogens is 1. The molecule has 0 aromatic heterocycles. The number of benzene rings is 1. The molecule has 0 saturated carbocycles. The standard InChI is InChI=1S/C12H18FN3/c13-11-2-1-10(7-9(11)3-4-14)12-8-15-5-6-16-12/h1-2,7,12,15-16H,3-6,8,14H2. The first kappa shape index (κ1) is 11.5.